The van der Waals surface area contributed by atoms with Crippen LogP contribution in [0.15, 0.2) is 27.7 Å². The molecule has 0 unspecified atom stereocenters. The summed E-state index contributed by atoms with van der Waals surface area (Å²) >= 11 is 3.30. The molecule has 1 aromatic carbocycles. The van der Waals surface area contributed by atoms with Crippen molar-refractivity contribution in [2.75, 3.05) is 18.6 Å². The highest BCUT2D eigenvalue weighted by molar-refractivity contribution is 9.10. The lowest BCUT2D eigenvalue weighted by atomic mass is 10.1. The Labute approximate surface area is 106 Å². The van der Waals surface area contributed by atoms with Crippen LogP contribution >= 0.6 is 15.9 Å². The molecule has 0 aromatic heterocycles. The molecule has 0 bridgehead atoms. The number of rotatable bonds is 1. The van der Waals surface area contributed by atoms with Crippen molar-refractivity contribution < 1.29 is 14.7 Å². The van der Waals surface area contributed by atoms with E-state index in [0.717, 1.165) is 4.47 Å². The highest BCUT2D eigenvalue weighted by Gasteiger charge is 2.31. The number of anilines is 1. The maximum Gasteiger partial charge on any atom is 0.277 e. The molecule has 0 saturated heterocycles. The van der Waals surface area contributed by atoms with Gasteiger partial charge >= 0.3 is 0 Å². The molecule has 1 aromatic rings. The van der Waals surface area contributed by atoms with Gasteiger partial charge in [0.05, 0.1) is 5.69 Å². The SMILES string of the molecule is CN1C(=O)C(=NC(=O)CO)c2cc(Br)ccc21. The molecule has 0 atom stereocenters. The van der Waals surface area contributed by atoms with Gasteiger partial charge in [-0.2, -0.15) is 0 Å². The van der Waals surface area contributed by atoms with Crippen LogP contribution in [0.3, 0.4) is 0 Å². The summed E-state index contributed by atoms with van der Waals surface area (Å²) in [6.07, 6.45) is 0. The molecule has 0 spiro atoms. The van der Waals surface area contributed by atoms with Gasteiger partial charge < -0.3 is 10.0 Å². The largest absolute Gasteiger partial charge is 0.386 e. The number of likely N-dealkylation sites (N-methyl/N-ethyl adjacent to an activating group) is 1. The third kappa shape index (κ3) is 2.01. The van der Waals surface area contributed by atoms with Crippen LogP contribution in [0.5, 0.6) is 0 Å². The zero-order valence-corrected chi connectivity index (χ0v) is 10.6. The third-order valence-corrected chi connectivity index (χ3v) is 2.95. The Balaban J connectivity index is 2.57. The Hall–Kier alpha value is -1.53. The molecule has 6 heteroatoms. The molecule has 1 heterocycles. The van der Waals surface area contributed by atoms with E-state index in [0.29, 0.717) is 11.3 Å². The molecular formula is C11H9BrN2O3. The first-order chi connectivity index (χ1) is 8.04. The topological polar surface area (TPSA) is 70.0 Å². The van der Waals surface area contributed by atoms with Crippen LogP contribution in [0.2, 0.25) is 0 Å². The van der Waals surface area contributed by atoms with E-state index in [9.17, 15) is 9.59 Å². The van der Waals surface area contributed by atoms with Gasteiger partial charge in [-0.05, 0) is 18.2 Å². The highest BCUT2D eigenvalue weighted by Crippen LogP contribution is 2.30. The van der Waals surface area contributed by atoms with Gasteiger partial charge in [0.15, 0.2) is 0 Å². The van der Waals surface area contributed by atoms with Crippen molar-refractivity contribution in [1.82, 2.24) is 0 Å². The molecule has 0 radical (unpaired) electrons. The maximum atomic E-state index is 11.9. The molecule has 88 valence electrons. The molecule has 1 aliphatic rings. The predicted molar refractivity (Wildman–Crippen MR) is 66.2 cm³/mol. The lowest BCUT2D eigenvalue weighted by Crippen LogP contribution is -2.26. The first-order valence-corrected chi connectivity index (χ1v) is 5.64. The van der Waals surface area contributed by atoms with Crippen LogP contribution in [0.25, 0.3) is 0 Å². The van der Waals surface area contributed by atoms with Crippen molar-refractivity contribution in [3.05, 3.63) is 28.2 Å². The number of fused-ring (bicyclic) bond motifs is 1. The van der Waals surface area contributed by atoms with E-state index in [-0.39, 0.29) is 11.6 Å². The van der Waals surface area contributed by atoms with Crippen LogP contribution in [-0.4, -0.2) is 36.3 Å². The summed E-state index contributed by atoms with van der Waals surface area (Å²) in [6.45, 7) is -0.705. The van der Waals surface area contributed by atoms with E-state index in [1.165, 1.54) is 4.90 Å². The second-order valence-corrected chi connectivity index (χ2v) is 4.45. The van der Waals surface area contributed by atoms with Gasteiger partial charge in [0.25, 0.3) is 11.8 Å². The van der Waals surface area contributed by atoms with Gasteiger partial charge in [-0.1, -0.05) is 15.9 Å². The normalized spacial score (nSPS) is 16.5. The summed E-state index contributed by atoms with van der Waals surface area (Å²) in [5, 5.41) is 8.66. The van der Waals surface area contributed by atoms with Crippen molar-refractivity contribution in [3.8, 4) is 0 Å². The second kappa shape index (κ2) is 4.38. The van der Waals surface area contributed by atoms with E-state index in [1.54, 1.807) is 25.2 Å². The fourth-order valence-electron chi connectivity index (χ4n) is 1.64. The Bertz CT molecular complexity index is 540. The molecule has 5 nitrogen and oxygen atoms in total. The van der Waals surface area contributed by atoms with Gasteiger partial charge in [-0.3, -0.25) is 9.59 Å². The number of aliphatic imine (C=N–C) groups is 1. The second-order valence-electron chi connectivity index (χ2n) is 3.54. The van der Waals surface area contributed by atoms with Crippen molar-refractivity contribution in [1.29, 1.82) is 0 Å². The number of aliphatic hydroxyl groups is 1. The number of hydrogen-bond acceptors (Lipinski definition) is 3. The number of halogens is 1. The molecule has 2 rings (SSSR count). The van der Waals surface area contributed by atoms with Gasteiger partial charge in [-0.25, -0.2) is 4.99 Å². The van der Waals surface area contributed by atoms with Crippen LogP contribution in [-0.2, 0) is 9.59 Å². The van der Waals surface area contributed by atoms with Crippen molar-refractivity contribution in [2.24, 2.45) is 4.99 Å². The number of aliphatic hydroxyl groups excluding tert-OH is 1. The van der Waals surface area contributed by atoms with Gasteiger partial charge in [0.2, 0.25) is 0 Å². The fourth-order valence-corrected chi connectivity index (χ4v) is 2.00. The number of carbonyl (C=O) groups is 2. The monoisotopic (exact) mass is 296 g/mol. The first kappa shape index (κ1) is 11.9. The van der Waals surface area contributed by atoms with Gasteiger partial charge in [-0.15, -0.1) is 0 Å². The van der Waals surface area contributed by atoms with E-state index in [2.05, 4.69) is 20.9 Å². The van der Waals surface area contributed by atoms with Crippen molar-refractivity contribution in [2.45, 2.75) is 0 Å². The smallest absolute Gasteiger partial charge is 0.277 e. The Morgan fingerprint density at radius 1 is 1.53 bits per heavy atom. The number of benzene rings is 1. The fraction of sp³-hybridized carbons (Fsp3) is 0.182. The number of amides is 2. The summed E-state index contributed by atoms with van der Waals surface area (Å²) in [6, 6.07) is 5.29. The summed E-state index contributed by atoms with van der Waals surface area (Å²) in [7, 11) is 1.61. The quantitative estimate of drug-likeness (QED) is 0.831. The lowest BCUT2D eigenvalue weighted by molar-refractivity contribution is -0.120. The zero-order valence-electron chi connectivity index (χ0n) is 8.98. The summed E-state index contributed by atoms with van der Waals surface area (Å²) in [5.41, 5.74) is 1.36. The van der Waals surface area contributed by atoms with Gasteiger partial charge in [0.1, 0.15) is 12.3 Å². The zero-order chi connectivity index (χ0) is 12.6. The van der Waals surface area contributed by atoms with E-state index < -0.39 is 12.5 Å². The molecule has 1 N–H and O–H groups in total. The lowest BCUT2D eigenvalue weighted by Gasteiger charge is -2.07. The molecular weight excluding hydrogens is 288 g/mol. The molecule has 0 aliphatic carbocycles. The average Bonchev–Trinajstić information content (AvgIpc) is 2.54. The van der Waals surface area contributed by atoms with E-state index >= 15 is 0 Å². The van der Waals surface area contributed by atoms with Crippen LogP contribution in [0, 0.1) is 0 Å². The molecule has 0 fully saturated rings. The summed E-state index contributed by atoms with van der Waals surface area (Å²) in [4.78, 5) is 28.0. The standard InChI is InChI=1S/C11H9BrN2O3/c1-14-8-3-2-6(12)4-7(8)10(11(14)17)13-9(16)5-15/h2-4,15H,5H2,1H3. The third-order valence-electron chi connectivity index (χ3n) is 2.45. The van der Waals surface area contributed by atoms with Crippen LogP contribution in [0.4, 0.5) is 5.69 Å². The minimum absolute atomic E-state index is 0.0721. The van der Waals surface area contributed by atoms with Crippen molar-refractivity contribution >= 4 is 39.1 Å². The minimum atomic E-state index is -0.727. The Morgan fingerprint density at radius 2 is 2.24 bits per heavy atom. The van der Waals surface area contributed by atoms with E-state index in [1.807, 2.05) is 0 Å². The molecule has 17 heavy (non-hydrogen) atoms. The predicted octanol–water partition coefficient (Wildman–Crippen LogP) is 0.733. The van der Waals surface area contributed by atoms with Crippen LogP contribution < -0.4 is 4.90 Å². The van der Waals surface area contributed by atoms with Crippen molar-refractivity contribution in [3.63, 3.8) is 0 Å². The van der Waals surface area contributed by atoms with Crippen LogP contribution in [0.1, 0.15) is 5.56 Å². The molecule has 0 saturated carbocycles. The number of hydrogen-bond donors (Lipinski definition) is 1. The number of nitrogens with zero attached hydrogens (tertiary/aromatic N) is 2. The number of carbonyl (C=O) groups excluding carboxylic acids is 2. The summed E-state index contributed by atoms with van der Waals surface area (Å²) < 4.78 is 0.795. The highest BCUT2D eigenvalue weighted by atomic mass is 79.9. The average molecular weight is 297 g/mol. The first-order valence-electron chi connectivity index (χ1n) is 4.85. The van der Waals surface area contributed by atoms with Gasteiger partial charge in [0, 0.05) is 17.1 Å². The van der Waals surface area contributed by atoms with E-state index in [4.69, 9.17) is 5.11 Å². The Kier molecular flexibility index (Phi) is 3.08. The Morgan fingerprint density at radius 3 is 2.88 bits per heavy atom. The summed E-state index contributed by atoms with van der Waals surface area (Å²) in [5.74, 6) is -1.07. The molecule has 1 aliphatic heterocycles. The maximum absolute atomic E-state index is 11.9. The minimum Gasteiger partial charge on any atom is -0.386 e. The molecule has 2 amide bonds.